The summed E-state index contributed by atoms with van der Waals surface area (Å²) in [5, 5.41) is 5.88. The minimum absolute atomic E-state index is 0.525. The highest BCUT2D eigenvalue weighted by Gasteiger charge is 2.22. The van der Waals surface area contributed by atoms with Crippen molar-refractivity contribution < 1.29 is 0 Å². The Bertz CT molecular complexity index is 1110. The molecule has 0 aliphatic carbocycles. The number of fused-ring (bicyclic) bond motifs is 5. The van der Waals surface area contributed by atoms with Gasteiger partial charge in [0.1, 0.15) is 11.2 Å². The zero-order valence-electron chi connectivity index (χ0n) is 15.2. The lowest BCUT2D eigenvalue weighted by atomic mass is 10.0. The van der Waals surface area contributed by atoms with Crippen LogP contribution in [-0.2, 0) is 13.0 Å². The zero-order chi connectivity index (χ0) is 17.8. The van der Waals surface area contributed by atoms with E-state index in [0.717, 1.165) is 41.4 Å². The van der Waals surface area contributed by atoms with Gasteiger partial charge in [0.2, 0.25) is 0 Å². The molecule has 3 aromatic heterocycles. The maximum Gasteiger partial charge on any atom is 0.182 e. The normalized spacial score (nSPS) is 15.2. The Morgan fingerprint density at radius 1 is 1.15 bits per heavy atom. The molecule has 0 spiro atoms. The van der Waals surface area contributed by atoms with Gasteiger partial charge in [0.25, 0.3) is 0 Å². The molecule has 26 heavy (non-hydrogen) atoms. The molecule has 0 saturated heterocycles. The second-order valence-corrected chi connectivity index (χ2v) is 8.48. The summed E-state index contributed by atoms with van der Waals surface area (Å²) in [6, 6.07) is 8.57. The first-order chi connectivity index (χ1) is 12.6. The summed E-state index contributed by atoms with van der Waals surface area (Å²) in [4.78, 5) is 14.4. The molecule has 5 nitrogen and oxygen atoms in total. The third-order valence-corrected chi connectivity index (χ3v) is 6.33. The van der Waals surface area contributed by atoms with Gasteiger partial charge in [-0.05, 0) is 30.5 Å². The van der Waals surface area contributed by atoms with Crippen LogP contribution in [0.15, 0.2) is 30.6 Å². The standard InChI is InChI=1S/C20H21N5S/c1-12(2)13-4-6-14(7-5-13)18-22-19-17-15-8-9-24(3)10-16(15)26-20(17)21-11-25(19)23-18/h4-7,11-12H,8-10H2,1-3H3. The van der Waals surface area contributed by atoms with Crippen molar-refractivity contribution in [3.63, 3.8) is 0 Å². The second-order valence-electron chi connectivity index (χ2n) is 7.40. The zero-order valence-corrected chi connectivity index (χ0v) is 16.0. The molecule has 0 radical (unpaired) electrons. The SMILES string of the molecule is CC(C)c1ccc(-c2nc3c4c5c(sc4ncn3n2)CN(C)CC5)cc1. The van der Waals surface area contributed by atoms with E-state index in [2.05, 4.69) is 60.1 Å². The molecule has 1 aliphatic rings. The highest BCUT2D eigenvalue weighted by atomic mass is 32.1. The predicted molar refractivity (Wildman–Crippen MR) is 106 cm³/mol. The Hall–Kier alpha value is -2.31. The third-order valence-electron chi connectivity index (χ3n) is 5.20. The van der Waals surface area contributed by atoms with Crippen molar-refractivity contribution in [2.75, 3.05) is 13.6 Å². The van der Waals surface area contributed by atoms with Gasteiger partial charge in [-0.3, -0.25) is 0 Å². The Labute approximate surface area is 156 Å². The first-order valence-corrected chi connectivity index (χ1v) is 9.86. The van der Waals surface area contributed by atoms with Crippen molar-refractivity contribution in [3.05, 3.63) is 46.6 Å². The van der Waals surface area contributed by atoms with Crippen LogP contribution >= 0.6 is 11.3 Å². The minimum Gasteiger partial charge on any atom is -0.301 e. The Balaban J connectivity index is 1.66. The maximum absolute atomic E-state index is 4.89. The first-order valence-electron chi connectivity index (χ1n) is 9.04. The van der Waals surface area contributed by atoms with Crippen molar-refractivity contribution in [1.82, 2.24) is 24.5 Å². The fourth-order valence-electron chi connectivity index (χ4n) is 3.66. The van der Waals surface area contributed by atoms with E-state index < -0.39 is 0 Å². The number of likely N-dealkylation sites (N-methyl/N-ethyl adjacent to an activating group) is 1. The van der Waals surface area contributed by atoms with Crippen molar-refractivity contribution in [2.45, 2.75) is 32.7 Å². The Kier molecular flexibility index (Phi) is 3.58. The third kappa shape index (κ3) is 2.44. The smallest absolute Gasteiger partial charge is 0.182 e. The van der Waals surface area contributed by atoms with E-state index in [9.17, 15) is 0 Å². The van der Waals surface area contributed by atoms with Crippen molar-refractivity contribution in [2.24, 2.45) is 0 Å². The fraction of sp³-hybridized carbons (Fsp3) is 0.350. The van der Waals surface area contributed by atoms with Gasteiger partial charge >= 0.3 is 0 Å². The average Bonchev–Trinajstić information content (AvgIpc) is 3.21. The number of thiophene rings is 1. The number of benzene rings is 1. The van der Waals surface area contributed by atoms with Gasteiger partial charge in [0.15, 0.2) is 11.5 Å². The van der Waals surface area contributed by atoms with Crippen LogP contribution in [0.5, 0.6) is 0 Å². The molecule has 6 heteroatoms. The molecule has 0 unspecified atom stereocenters. The second kappa shape index (κ2) is 5.86. The van der Waals surface area contributed by atoms with Gasteiger partial charge in [-0.15, -0.1) is 16.4 Å². The van der Waals surface area contributed by atoms with Crippen LogP contribution in [0.1, 0.15) is 35.8 Å². The topological polar surface area (TPSA) is 46.3 Å². The summed E-state index contributed by atoms with van der Waals surface area (Å²) in [5.74, 6) is 1.29. The maximum atomic E-state index is 4.89. The molecule has 0 atom stereocenters. The Morgan fingerprint density at radius 3 is 2.73 bits per heavy atom. The van der Waals surface area contributed by atoms with Gasteiger partial charge in [-0.1, -0.05) is 38.1 Å². The van der Waals surface area contributed by atoms with E-state index in [0.29, 0.717) is 5.92 Å². The summed E-state index contributed by atoms with van der Waals surface area (Å²) in [6.45, 7) is 6.49. The van der Waals surface area contributed by atoms with Gasteiger partial charge in [0, 0.05) is 23.5 Å². The molecule has 5 rings (SSSR count). The van der Waals surface area contributed by atoms with E-state index in [1.54, 1.807) is 17.7 Å². The quantitative estimate of drug-likeness (QED) is 0.537. The average molecular weight is 363 g/mol. The number of aromatic nitrogens is 4. The van der Waals surface area contributed by atoms with Crippen LogP contribution in [-0.4, -0.2) is 38.1 Å². The monoisotopic (exact) mass is 363 g/mol. The number of hydrogen-bond donors (Lipinski definition) is 0. The highest BCUT2D eigenvalue weighted by Crippen LogP contribution is 2.36. The molecule has 1 aliphatic heterocycles. The first kappa shape index (κ1) is 15.9. The lowest BCUT2D eigenvalue weighted by molar-refractivity contribution is 0.318. The van der Waals surface area contributed by atoms with Gasteiger partial charge in [-0.2, -0.15) is 0 Å². The van der Waals surface area contributed by atoms with Crippen molar-refractivity contribution >= 4 is 27.2 Å². The molecular formula is C20H21N5S. The van der Waals surface area contributed by atoms with Crippen LogP contribution in [0.4, 0.5) is 0 Å². The van der Waals surface area contributed by atoms with E-state index in [-0.39, 0.29) is 0 Å². The molecule has 1 aromatic carbocycles. The summed E-state index contributed by atoms with van der Waals surface area (Å²) >= 11 is 1.79. The van der Waals surface area contributed by atoms with Gasteiger partial charge in [-0.25, -0.2) is 14.5 Å². The van der Waals surface area contributed by atoms with E-state index in [1.807, 2.05) is 4.52 Å². The molecular weight excluding hydrogens is 342 g/mol. The van der Waals surface area contributed by atoms with E-state index in [4.69, 9.17) is 4.98 Å². The van der Waals surface area contributed by atoms with E-state index >= 15 is 0 Å². The summed E-state index contributed by atoms with van der Waals surface area (Å²) in [7, 11) is 2.17. The summed E-state index contributed by atoms with van der Waals surface area (Å²) in [5.41, 5.74) is 4.72. The Morgan fingerprint density at radius 2 is 1.96 bits per heavy atom. The molecule has 4 aromatic rings. The van der Waals surface area contributed by atoms with Gasteiger partial charge in [0.05, 0.1) is 5.39 Å². The van der Waals surface area contributed by atoms with Crippen molar-refractivity contribution in [3.8, 4) is 11.4 Å². The van der Waals surface area contributed by atoms with Gasteiger partial charge < -0.3 is 4.90 Å². The summed E-state index contributed by atoms with van der Waals surface area (Å²) < 4.78 is 1.83. The van der Waals surface area contributed by atoms with Crippen molar-refractivity contribution in [1.29, 1.82) is 0 Å². The van der Waals surface area contributed by atoms with Crippen LogP contribution in [0.3, 0.4) is 0 Å². The molecule has 0 bridgehead atoms. The number of hydrogen-bond acceptors (Lipinski definition) is 5. The molecule has 132 valence electrons. The largest absolute Gasteiger partial charge is 0.301 e. The van der Waals surface area contributed by atoms with Crippen LogP contribution in [0.2, 0.25) is 0 Å². The molecule has 4 heterocycles. The molecule has 0 N–H and O–H groups in total. The molecule has 0 fully saturated rings. The molecule has 0 saturated carbocycles. The number of nitrogens with zero attached hydrogens (tertiary/aromatic N) is 5. The van der Waals surface area contributed by atoms with Crippen LogP contribution in [0.25, 0.3) is 27.3 Å². The lowest BCUT2D eigenvalue weighted by Gasteiger charge is -2.21. The van der Waals surface area contributed by atoms with Crippen LogP contribution < -0.4 is 0 Å². The highest BCUT2D eigenvalue weighted by molar-refractivity contribution is 7.19. The summed E-state index contributed by atoms with van der Waals surface area (Å²) in [6.07, 6.45) is 2.85. The minimum atomic E-state index is 0.525. The predicted octanol–water partition coefficient (Wildman–Crippen LogP) is 4.12. The molecule has 0 amide bonds. The lowest BCUT2D eigenvalue weighted by Crippen LogP contribution is -2.25. The van der Waals surface area contributed by atoms with Crippen LogP contribution in [0, 0.1) is 0 Å². The van der Waals surface area contributed by atoms with E-state index in [1.165, 1.54) is 21.4 Å². The number of rotatable bonds is 2. The fourth-order valence-corrected chi connectivity index (χ4v) is 4.92.